The van der Waals surface area contributed by atoms with E-state index in [1.54, 1.807) is 0 Å². The number of aryl methyl sites for hydroxylation is 1. The molecule has 0 N–H and O–H groups in total. The van der Waals surface area contributed by atoms with Crippen molar-refractivity contribution in [1.82, 2.24) is 9.78 Å². The Morgan fingerprint density at radius 3 is 3.00 bits per heavy atom. The topological polar surface area (TPSA) is 17.8 Å². The second-order valence-corrected chi connectivity index (χ2v) is 4.61. The normalized spacial score (nSPS) is 11.0. The number of hydrogen-bond acceptors (Lipinski definition) is 2. The number of nitrogens with zero attached hydrogens (tertiary/aromatic N) is 2. The van der Waals surface area contributed by atoms with E-state index >= 15 is 0 Å². The lowest BCUT2D eigenvalue weighted by atomic mass is 10.2. The van der Waals surface area contributed by atoms with E-state index in [0.717, 1.165) is 6.54 Å². The van der Waals surface area contributed by atoms with E-state index in [-0.39, 0.29) is 0 Å². The molecule has 0 atom stereocenters. The van der Waals surface area contributed by atoms with Crippen LogP contribution in [0.2, 0.25) is 0 Å². The number of benzene rings is 1. The lowest BCUT2D eigenvalue weighted by Gasteiger charge is -2.02. The van der Waals surface area contributed by atoms with E-state index in [0.29, 0.717) is 0 Å². The maximum absolute atomic E-state index is 4.40. The molecular formula is C12H16N2S. The maximum atomic E-state index is 4.40. The van der Waals surface area contributed by atoms with Gasteiger partial charge in [-0.3, -0.25) is 4.68 Å². The Morgan fingerprint density at radius 1 is 1.27 bits per heavy atom. The zero-order valence-corrected chi connectivity index (χ0v) is 9.83. The number of rotatable bonds is 5. The van der Waals surface area contributed by atoms with Crippen molar-refractivity contribution >= 4 is 22.7 Å². The Hall–Kier alpha value is -0.960. The average Bonchev–Trinajstić information content (AvgIpc) is 2.68. The molecule has 2 aromatic rings. The third kappa shape index (κ3) is 2.53. The maximum Gasteiger partial charge on any atom is 0.0682 e. The van der Waals surface area contributed by atoms with Gasteiger partial charge in [0.05, 0.1) is 11.7 Å². The van der Waals surface area contributed by atoms with Crippen LogP contribution in [0.15, 0.2) is 30.5 Å². The number of unbranched alkanes of at least 4 members (excludes halogenated alkanes) is 1. The molecular weight excluding hydrogens is 204 g/mol. The van der Waals surface area contributed by atoms with E-state index < -0.39 is 0 Å². The van der Waals surface area contributed by atoms with E-state index in [4.69, 9.17) is 0 Å². The van der Waals surface area contributed by atoms with Gasteiger partial charge in [0.2, 0.25) is 0 Å². The Balaban J connectivity index is 2.02. The van der Waals surface area contributed by atoms with Crippen molar-refractivity contribution in [3.8, 4) is 0 Å². The van der Waals surface area contributed by atoms with Crippen molar-refractivity contribution in [1.29, 1.82) is 0 Å². The fourth-order valence-electron chi connectivity index (χ4n) is 1.71. The zero-order chi connectivity index (χ0) is 10.5. The summed E-state index contributed by atoms with van der Waals surface area (Å²) in [5.41, 5.74) is 1.25. The lowest BCUT2D eigenvalue weighted by Crippen LogP contribution is -1.99. The number of thioether (sulfide) groups is 1. The highest BCUT2D eigenvalue weighted by Crippen LogP contribution is 2.13. The molecule has 0 aliphatic carbocycles. The first-order chi connectivity index (χ1) is 7.42. The summed E-state index contributed by atoms with van der Waals surface area (Å²) in [7, 11) is 0. The largest absolute Gasteiger partial charge is 0.265 e. The van der Waals surface area contributed by atoms with Gasteiger partial charge in [-0.1, -0.05) is 18.2 Å². The molecule has 0 saturated heterocycles. The summed E-state index contributed by atoms with van der Waals surface area (Å²) in [6.07, 6.45) is 6.59. The van der Waals surface area contributed by atoms with Gasteiger partial charge in [0, 0.05) is 11.9 Å². The zero-order valence-electron chi connectivity index (χ0n) is 9.02. The highest BCUT2D eigenvalue weighted by Gasteiger charge is 2.00. The summed E-state index contributed by atoms with van der Waals surface area (Å²) in [6, 6.07) is 8.38. The van der Waals surface area contributed by atoms with E-state index in [2.05, 4.69) is 40.3 Å². The molecule has 0 aliphatic heterocycles. The standard InChI is InChI=1S/C12H16N2S/c1-15-9-5-4-8-14-12-7-3-2-6-11(12)10-13-14/h2-3,6-7,10H,4-5,8-9H2,1H3. The molecule has 0 unspecified atom stereocenters. The Kier molecular flexibility index (Phi) is 3.67. The Morgan fingerprint density at radius 2 is 2.13 bits per heavy atom. The number of fused-ring (bicyclic) bond motifs is 1. The van der Waals surface area contributed by atoms with Gasteiger partial charge in [0.1, 0.15) is 0 Å². The van der Waals surface area contributed by atoms with Crippen LogP contribution in [0.25, 0.3) is 10.9 Å². The molecule has 0 radical (unpaired) electrons. The van der Waals surface area contributed by atoms with Gasteiger partial charge in [-0.15, -0.1) is 0 Å². The van der Waals surface area contributed by atoms with Crippen LogP contribution >= 0.6 is 11.8 Å². The second-order valence-electron chi connectivity index (χ2n) is 3.63. The number of aromatic nitrogens is 2. The molecule has 1 aromatic carbocycles. The SMILES string of the molecule is CSCCCCn1ncc2ccccc21. The Labute approximate surface area is 94.7 Å². The lowest BCUT2D eigenvalue weighted by molar-refractivity contribution is 0.590. The van der Waals surface area contributed by atoms with Gasteiger partial charge in [-0.25, -0.2) is 0 Å². The van der Waals surface area contributed by atoms with Gasteiger partial charge < -0.3 is 0 Å². The van der Waals surface area contributed by atoms with Crippen molar-refractivity contribution in [2.75, 3.05) is 12.0 Å². The summed E-state index contributed by atoms with van der Waals surface area (Å²) in [6.45, 7) is 1.04. The van der Waals surface area contributed by atoms with Crippen molar-refractivity contribution in [3.63, 3.8) is 0 Å². The molecule has 0 saturated carbocycles. The summed E-state index contributed by atoms with van der Waals surface area (Å²) < 4.78 is 2.11. The van der Waals surface area contributed by atoms with Gasteiger partial charge in [0.15, 0.2) is 0 Å². The molecule has 0 bridgehead atoms. The monoisotopic (exact) mass is 220 g/mol. The van der Waals surface area contributed by atoms with E-state index in [1.165, 1.54) is 29.5 Å². The highest BCUT2D eigenvalue weighted by molar-refractivity contribution is 7.98. The van der Waals surface area contributed by atoms with Gasteiger partial charge in [-0.05, 0) is 30.9 Å². The van der Waals surface area contributed by atoms with Crippen molar-refractivity contribution in [2.24, 2.45) is 0 Å². The van der Waals surface area contributed by atoms with E-state index in [1.807, 2.05) is 18.0 Å². The third-order valence-corrected chi connectivity index (χ3v) is 3.22. The predicted molar refractivity (Wildman–Crippen MR) is 67.3 cm³/mol. The molecule has 2 nitrogen and oxygen atoms in total. The predicted octanol–water partition coefficient (Wildman–Crippen LogP) is 3.18. The first-order valence-electron chi connectivity index (χ1n) is 5.31. The smallest absolute Gasteiger partial charge is 0.0682 e. The molecule has 2 rings (SSSR count). The summed E-state index contributed by atoms with van der Waals surface area (Å²) in [4.78, 5) is 0. The van der Waals surface area contributed by atoms with Crippen LogP contribution < -0.4 is 0 Å². The van der Waals surface area contributed by atoms with Crippen LogP contribution in [-0.4, -0.2) is 21.8 Å². The quantitative estimate of drug-likeness (QED) is 0.720. The molecule has 0 aliphatic rings. The molecule has 3 heteroatoms. The van der Waals surface area contributed by atoms with Crippen molar-refractivity contribution in [3.05, 3.63) is 30.5 Å². The average molecular weight is 220 g/mol. The first kappa shape index (κ1) is 10.6. The fraction of sp³-hybridized carbons (Fsp3) is 0.417. The number of para-hydroxylation sites is 1. The molecule has 15 heavy (non-hydrogen) atoms. The summed E-state index contributed by atoms with van der Waals surface area (Å²) >= 11 is 1.91. The van der Waals surface area contributed by atoms with Crippen LogP contribution in [0, 0.1) is 0 Å². The molecule has 0 amide bonds. The summed E-state index contributed by atoms with van der Waals surface area (Å²) in [5.74, 6) is 1.25. The molecule has 0 spiro atoms. The Bertz CT molecular complexity index is 422. The molecule has 1 heterocycles. The van der Waals surface area contributed by atoms with Crippen molar-refractivity contribution in [2.45, 2.75) is 19.4 Å². The van der Waals surface area contributed by atoms with Crippen molar-refractivity contribution < 1.29 is 0 Å². The first-order valence-corrected chi connectivity index (χ1v) is 6.70. The third-order valence-electron chi connectivity index (χ3n) is 2.52. The van der Waals surface area contributed by atoms with Crippen LogP contribution in [0.3, 0.4) is 0 Å². The van der Waals surface area contributed by atoms with Crippen LogP contribution in [0.4, 0.5) is 0 Å². The van der Waals surface area contributed by atoms with Gasteiger partial charge >= 0.3 is 0 Å². The fourth-order valence-corrected chi connectivity index (χ4v) is 2.20. The van der Waals surface area contributed by atoms with Crippen LogP contribution in [0.5, 0.6) is 0 Å². The van der Waals surface area contributed by atoms with Gasteiger partial charge in [0.25, 0.3) is 0 Å². The molecule has 0 fully saturated rings. The minimum absolute atomic E-state index is 1.04. The molecule has 80 valence electrons. The minimum Gasteiger partial charge on any atom is -0.265 e. The summed E-state index contributed by atoms with van der Waals surface area (Å²) in [5, 5.41) is 5.64. The minimum atomic E-state index is 1.04. The van der Waals surface area contributed by atoms with Gasteiger partial charge in [-0.2, -0.15) is 16.9 Å². The molecule has 1 aromatic heterocycles. The number of hydrogen-bond donors (Lipinski definition) is 0. The highest BCUT2D eigenvalue weighted by atomic mass is 32.2. The van der Waals surface area contributed by atoms with Crippen LogP contribution in [0.1, 0.15) is 12.8 Å². The van der Waals surface area contributed by atoms with E-state index in [9.17, 15) is 0 Å². The second kappa shape index (κ2) is 5.21. The van der Waals surface area contributed by atoms with Crippen LogP contribution in [-0.2, 0) is 6.54 Å².